The molecule has 2 rings (SSSR count). The molecule has 0 bridgehead atoms. The highest BCUT2D eigenvalue weighted by Crippen LogP contribution is 2.26. The molecule has 2 aromatic carbocycles. The van der Waals surface area contributed by atoms with Gasteiger partial charge in [0.05, 0.1) is 0 Å². The minimum atomic E-state index is -0.795. The van der Waals surface area contributed by atoms with Crippen LogP contribution in [-0.4, -0.2) is 7.05 Å². The second-order valence-electron chi connectivity index (χ2n) is 4.74. The van der Waals surface area contributed by atoms with Gasteiger partial charge >= 0.3 is 0 Å². The number of likely N-dealkylation sites (N-methyl/N-ethyl adjacent to an activating group) is 1. The SMILES string of the molecule is CNC(Cc1ccccc1Cl)c1ccc(C)c(F)c1F. The van der Waals surface area contributed by atoms with Crippen molar-refractivity contribution in [2.75, 3.05) is 7.05 Å². The van der Waals surface area contributed by atoms with E-state index in [0.29, 0.717) is 22.6 Å². The smallest absolute Gasteiger partial charge is 0.163 e. The summed E-state index contributed by atoms with van der Waals surface area (Å²) in [5, 5.41) is 3.64. The molecule has 0 aliphatic carbocycles. The number of aryl methyl sites for hydroxylation is 1. The van der Waals surface area contributed by atoms with Crippen molar-refractivity contribution in [2.24, 2.45) is 0 Å². The van der Waals surface area contributed by atoms with Crippen molar-refractivity contribution in [3.05, 3.63) is 69.7 Å². The van der Waals surface area contributed by atoms with Crippen molar-refractivity contribution in [1.82, 2.24) is 5.32 Å². The molecule has 20 heavy (non-hydrogen) atoms. The van der Waals surface area contributed by atoms with E-state index >= 15 is 0 Å². The first-order valence-corrected chi connectivity index (χ1v) is 6.77. The van der Waals surface area contributed by atoms with Crippen LogP contribution in [-0.2, 0) is 6.42 Å². The van der Waals surface area contributed by atoms with Gasteiger partial charge in [0, 0.05) is 16.6 Å². The Labute approximate surface area is 122 Å². The molecule has 0 fully saturated rings. The Kier molecular flexibility index (Phi) is 4.73. The van der Waals surface area contributed by atoms with E-state index in [-0.39, 0.29) is 6.04 Å². The van der Waals surface area contributed by atoms with Gasteiger partial charge in [-0.15, -0.1) is 0 Å². The van der Waals surface area contributed by atoms with Crippen LogP contribution in [0.5, 0.6) is 0 Å². The van der Waals surface area contributed by atoms with Crippen molar-refractivity contribution in [3.8, 4) is 0 Å². The van der Waals surface area contributed by atoms with Crippen LogP contribution < -0.4 is 5.32 Å². The lowest BCUT2D eigenvalue weighted by molar-refractivity contribution is 0.469. The molecule has 4 heteroatoms. The fraction of sp³-hybridized carbons (Fsp3) is 0.250. The second kappa shape index (κ2) is 6.33. The van der Waals surface area contributed by atoms with E-state index in [1.165, 1.54) is 0 Å². The summed E-state index contributed by atoms with van der Waals surface area (Å²) in [4.78, 5) is 0. The molecule has 0 saturated carbocycles. The molecule has 0 aromatic heterocycles. The number of nitrogens with one attached hydrogen (secondary N) is 1. The molecule has 1 atom stereocenters. The number of rotatable bonds is 4. The van der Waals surface area contributed by atoms with E-state index < -0.39 is 11.6 Å². The highest BCUT2D eigenvalue weighted by molar-refractivity contribution is 6.31. The summed E-state index contributed by atoms with van der Waals surface area (Å²) in [6.07, 6.45) is 0.496. The molecule has 0 saturated heterocycles. The van der Waals surface area contributed by atoms with Crippen molar-refractivity contribution >= 4 is 11.6 Å². The van der Waals surface area contributed by atoms with Crippen LogP contribution in [0.15, 0.2) is 36.4 Å². The molecule has 1 unspecified atom stereocenters. The molecule has 0 amide bonds. The van der Waals surface area contributed by atoms with E-state index in [1.54, 1.807) is 32.2 Å². The fourth-order valence-electron chi connectivity index (χ4n) is 2.18. The van der Waals surface area contributed by atoms with E-state index in [2.05, 4.69) is 5.32 Å². The maximum atomic E-state index is 14.1. The first-order chi connectivity index (χ1) is 9.54. The van der Waals surface area contributed by atoms with Crippen LogP contribution in [0.3, 0.4) is 0 Å². The molecular formula is C16H16ClF2N. The van der Waals surface area contributed by atoms with E-state index in [0.717, 1.165) is 5.56 Å². The summed E-state index contributed by atoms with van der Waals surface area (Å²) in [6.45, 7) is 1.55. The average molecular weight is 296 g/mol. The lowest BCUT2D eigenvalue weighted by Gasteiger charge is -2.19. The third-order valence-electron chi connectivity index (χ3n) is 3.41. The second-order valence-corrected chi connectivity index (χ2v) is 5.14. The Morgan fingerprint density at radius 1 is 1.10 bits per heavy atom. The van der Waals surface area contributed by atoms with Gasteiger partial charge in [-0.05, 0) is 37.6 Å². The Hall–Kier alpha value is -1.45. The monoisotopic (exact) mass is 295 g/mol. The Bertz CT molecular complexity index is 613. The predicted molar refractivity (Wildman–Crippen MR) is 78.1 cm³/mol. The molecule has 1 nitrogen and oxygen atoms in total. The van der Waals surface area contributed by atoms with E-state index in [9.17, 15) is 8.78 Å². The Morgan fingerprint density at radius 3 is 2.45 bits per heavy atom. The van der Waals surface area contributed by atoms with Gasteiger partial charge in [-0.1, -0.05) is 41.9 Å². The molecule has 0 aliphatic heterocycles. The molecule has 106 valence electrons. The summed E-state index contributed by atoms with van der Waals surface area (Å²) in [5.74, 6) is -1.58. The first kappa shape index (κ1) is 14.9. The van der Waals surface area contributed by atoms with Crippen molar-refractivity contribution in [1.29, 1.82) is 0 Å². The Balaban J connectivity index is 2.34. The average Bonchev–Trinajstić information content (AvgIpc) is 2.45. The zero-order valence-corrected chi connectivity index (χ0v) is 12.1. The van der Waals surface area contributed by atoms with Crippen LogP contribution >= 0.6 is 11.6 Å². The third kappa shape index (κ3) is 3.00. The number of hydrogen-bond acceptors (Lipinski definition) is 1. The summed E-state index contributed by atoms with van der Waals surface area (Å²) in [6, 6.07) is 10.3. The lowest BCUT2D eigenvalue weighted by Crippen LogP contribution is -2.21. The number of halogens is 3. The van der Waals surface area contributed by atoms with Crippen LogP contribution in [0.1, 0.15) is 22.7 Å². The van der Waals surface area contributed by atoms with Crippen LogP contribution in [0.4, 0.5) is 8.78 Å². The van der Waals surface area contributed by atoms with Crippen LogP contribution in [0, 0.1) is 18.6 Å². The molecule has 0 aliphatic rings. The molecule has 0 spiro atoms. The van der Waals surface area contributed by atoms with Gasteiger partial charge in [-0.2, -0.15) is 0 Å². The normalized spacial score (nSPS) is 12.4. The minimum absolute atomic E-state index is 0.304. The van der Waals surface area contributed by atoms with E-state index in [1.807, 2.05) is 18.2 Å². The lowest BCUT2D eigenvalue weighted by atomic mass is 9.97. The van der Waals surface area contributed by atoms with Gasteiger partial charge in [-0.3, -0.25) is 0 Å². The highest BCUT2D eigenvalue weighted by atomic mass is 35.5. The van der Waals surface area contributed by atoms with Crippen molar-refractivity contribution in [2.45, 2.75) is 19.4 Å². The Morgan fingerprint density at radius 2 is 1.80 bits per heavy atom. The standard InChI is InChI=1S/C16H16ClF2N/c1-10-7-8-12(16(19)15(10)18)14(20-2)9-11-5-3-4-6-13(11)17/h3-8,14,20H,9H2,1-2H3. The van der Waals surface area contributed by atoms with Crippen molar-refractivity contribution < 1.29 is 8.78 Å². The maximum Gasteiger partial charge on any atom is 0.163 e. The largest absolute Gasteiger partial charge is 0.313 e. The number of hydrogen-bond donors (Lipinski definition) is 1. The zero-order chi connectivity index (χ0) is 14.7. The molecular weight excluding hydrogens is 280 g/mol. The van der Waals surface area contributed by atoms with Gasteiger partial charge in [0.25, 0.3) is 0 Å². The zero-order valence-electron chi connectivity index (χ0n) is 11.4. The van der Waals surface area contributed by atoms with Crippen molar-refractivity contribution in [3.63, 3.8) is 0 Å². The van der Waals surface area contributed by atoms with Gasteiger partial charge in [0.15, 0.2) is 11.6 Å². The predicted octanol–water partition coefficient (Wildman–Crippen LogP) is 4.43. The summed E-state index contributed by atoms with van der Waals surface area (Å²) in [7, 11) is 1.72. The van der Waals surface area contributed by atoms with Gasteiger partial charge in [0.1, 0.15) is 0 Å². The summed E-state index contributed by atoms with van der Waals surface area (Å²) >= 11 is 6.11. The summed E-state index contributed by atoms with van der Waals surface area (Å²) < 4.78 is 27.7. The molecule has 0 heterocycles. The third-order valence-corrected chi connectivity index (χ3v) is 3.78. The van der Waals surface area contributed by atoms with Gasteiger partial charge in [-0.25, -0.2) is 8.78 Å². The summed E-state index contributed by atoms with van der Waals surface area (Å²) in [5.41, 5.74) is 1.52. The minimum Gasteiger partial charge on any atom is -0.313 e. The molecule has 0 radical (unpaired) electrons. The first-order valence-electron chi connectivity index (χ1n) is 6.39. The van der Waals surface area contributed by atoms with E-state index in [4.69, 9.17) is 11.6 Å². The maximum absolute atomic E-state index is 14.1. The fourth-order valence-corrected chi connectivity index (χ4v) is 2.39. The van der Waals surface area contributed by atoms with Gasteiger partial charge in [0.2, 0.25) is 0 Å². The van der Waals surface area contributed by atoms with Gasteiger partial charge < -0.3 is 5.32 Å². The van der Waals surface area contributed by atoms with Crippen LogP contribution in [0.2, 0.25) is 5.02 Å². The highest BCUT2D eigenvalue weighted by Gasteiger charge is 2.19. The number of benzene rings is 2. The molecule has 1 N–H and O–H groups in total. The topological polar surface area (TPSA) is 12.0 Å². The molecule has 2 aromatic rings. The van der Waals surface area contributed by atoms with Crippen LogP contribution in [0.25, 0.3) is 0 Å². The quantitative estimate of drug-likeness (QED) is 0.880.